The molecule has 34 nitrogen and oxygen atoms in total. The third-order valence-corrected chi connectivity index (χ3v) is 18.0. The Bertz CT molecular complexity index is 4030. The largest absolute Gasteiger partial charge is 0.504 e. The van der Waals surface area contributed by atoms with E-state index in [9.17, 15) is 105 Å². The lowest BCUT2D eigenvalue weighted by Gasteiger charge is -2.34. The van der Waals surface area contributed by atoms with Crippen molar-refractivity contribution >= 4 is 76.2 Å². The molecule has 3 aliphatic rings. The van der Waals surface area contributed by atoms with Gasteiger partial charge in [-0.15, -0.1) is 10.2 Å². The number of benzene rings is 4. The Labute approximate surface area is 614 Å². The number of β-amino-alcohol motifs (C(OH)–C–C–N with tert-alkyl or cyclic N) is 1. The summed E-state index contributed by atoms with van der Waals surface area (Å²) in [6.07, 6.45) is -24.0. The number of fused-ring (bicyclic) bond motifs is 2. The smallest absolute Gasteiger partial charge is 0.458 e. The SMILES string of the molecule is COCCOc1ccc(-c2ccc(-c3nnc(-c4ccc(C(=O)N[C@H]5C[C@@H](O)CNC(=O)[C@@H]6[C@@H](O)[C@@H](C)CN6C(=O)[C@H]([C@H](O)CCN=C(N)N)NC(=O)[C@H]([C@H](O)Cc6ccc(O)c(OCCN=C(N)N)c6)NC(=O)[C@@H]6C[C@@H](O)CN6C(=O)[C@H]([C@@H](C)O)NC5=O)cc4)s3)cc2)cc1.O=C(C(=O)C(F)(F)F)C(F)(F)F. The van der Waals surface area contributed by atoms with Gasteiger partial charge < -0.3 is 109 Å². The fourth-order valence-corrected chi connectivity index (χ4v) is 12.3. The number of nitrogens with zero attached hydrogens (tertiary/aromatic N) is 6. The van der Waals surface area contributed by atoms with Crippen LogP contribution in [0.15, 0.2) is 101 Å². The van der Waals surface area contributed by atoms with E-state index in [0.29, 0.717) is 28.8 Å². The number of phenols is 1. The van der Waals surface area contributed by atoms with Crippen LogP contribution in [0.4, 0.5) is 26.3 Å². The number of aliphatic imine (C=N–C) groups is 2. The zero-order valence-electron chi connectivity index (χ0n) is 57.8. The highest BCUT2D eigenvalue weighted by molar-refractivity contribution is 7.17. The molecular formula is C67H81F6N15O19S. The van der Waals surface area contributed by atoms with Crippen LogP contribution in [-0.4, -0.2) is 265 Å². The first-order valence-corrected chi connectivity index (χ1v) is 33.9. The molecule has 20 N–H and O–H groups in total. The monoisotopic (exact) mass is 1550 g/mol. The predicted octanol–water partition coefficient (Wildman–Crippen LogP) is -2.22. The van der Waals surface area contributed by atoms with Gasteiger partial charge in [0.25, 0.3) is 5.91 Å². The van der Waals surface area contributed by atoms with Gasteiger partial charge in [0.15, 0.2) is 23.4 Å². The first-order valence-electron chi connectivity index (χ1n) is 33.1. The number of Topliss-reactive ketones (excluding diaryl/α,β-unsaturated/α-hetero) is 2. The summed E-state index contributed by atoms with van der Waals surface area (Å²) in [6.45, 7) is 1.49. The number of nitrogens with one attached hydrogen (secondary N) is 5. The van der Waals surface area contributed by atoms with E-state index in [0.717, 1.165) is 39.2 Å². The van der Waals surface area contributed by atoms with Crippen LogP contribution in [0.5, 0.6) is 17.2 Å². The Morgan fingerprint density at radius 1 is 0.648 bits per heavy atom. The topological polar surface area (TPSA) is 544 Å². The lowest BCUT2D eigenvalue weighted by Crippen LogP contribution is -2.64. The third kappa shape index (κ3) is 22.9. The van der Waals surface area contributed by atoms with Gasteiger partial charge in [-0.2, -0.15) is 26.3 Å². The number of carbonyl (C=O) groups excluding carboxylic acids is 9. The minimum atomic E-state index is -5.77. The number of amides is 7. The van der Waals surface area contributed by atoms with Crippen LogP contribution in [0.1, 0.15) is 49.0 Å². The molecule has 0 saturated carbocycles. The first kappa shape index (κ1) is 84.6. The van der Waals surface area contributed by atoms with E-state index in [1.165, 1.54) is 48.6 Å². The first-order chi connectivity index (χ1) is 50.9. The third-order valence-electron chi connectivity index (χ3n) is 17.0. The minimum Gasteiger partial charge on any atom is -0.504 e. The number of hydrogen-bond acceptors (Lipinski definition) is 24. The van der Waals surface area contributed by atoms with Gasteiger partial charge in [-0.1, -0.05) is 72.9 Å². The van der Waals surface area contributed by atoms with Crippen molar-refractivity contribution in [1.29, 1.82) is 0 Å². The second-order valence-corrected chi connectivity index (χ2v) is 26.1. The molecule has 0 aliphatic carbocycles. The summed E-state index contributed by atoms with van der Waals surface area (Å²) in [5.41, 5.74) is 25.4. The number of carbonyl (C=O) groups is 9. The number of halogens is 6. The molecule has 41 heteroatoms. The van der Waals surface area contributed by atoms with Crippen molar-refractivity contribution in [2.45, 2.75) is 125 Å². The highest BCUT2D eigenvalue weighted by atomic mass is 32.1. The summed E-state index contributed by atoms with van der Waals surface area (Å²) >= 11 is 1.29. The summed E-state index contributed by atoms with van der Waals surface area (Å²) in [4.78, 5) is 131. The van der Waals surface area contributed by atoms with Crippen molar-refractivity contribution < 1.29 is 119 Å². The van der Waals surface area contributed by atoms with Gasteiger partial charge in [0, 0.05) is 75.2 Å². The molecule has 586 valence electrons. The quantitative estimate of drug-likeness (QED) is 0.0115. The van der Waals surface area contributed by atoms with Crippen molar-refractivity contribution in [3.63, 3.8) is 0 Å². The van der Waals surface area contributed by atoms with Gasteiger partial charge in [0.2, 0.25) is 35.4 Å². The van der Waals surface area contributed by atoms with Gasteiger partial charge in [-0.25, -0.2) is 0 Å². The number of guanidine groups is 2. The Morgan fingerprint density at radius 3 is 1.77 bits per heavy atom. The molecule has 3 saturated heterocycles. The van der Waals surface area contributed by atoms with Crippen LogP contribution >= 0.6 is 11.3 Å². The van der Waals surface area contributed by atoms with E-state index in [4.69, 9.17) is 37.1 Å². The van der Waals surface area contributed by atoms with Gasteiger partial charge in [-0.3, -0.25) is 53.1 Å². The molecule has 0 radical (unpaired) electrons. The maximum Gasteiger partial charge on any atom is 0.458 e. The van der Waals surface area contributed by atoms with Crippen LogP contribution in [0.25, 0.3) is 32.3 Å². The van der Waals surface area contributed by atoms with Crippen molar-refractivity contribution in [1.82, 2.24) is 46.6 Å². The molecule has 0 bridgehead atoms. The zero-order valence-corrected chi connectivity index (χ0v) is 58.7. The Morgan fingerprint density at radius 2 is 1.19 bits per heavy atom. The Kier molecular flexibility index (Phi) is 29.5. The average Bonchev–Trinajstić information content (AvgIpc) is 1.63. The van der Waals surface area contributed by atoms with Gasteiger partial charge in [0.05, 0.1) is 49.8 Å². The number of aromatic nitrogens is 2. The minimum absolute atomic E-state index is 0.0117. The van der Waals surface area contributed by atoms with E-state index in [2.05, 4.69) is 46.8 Å². The van der Waals surface area contributed by atoms with Crippen molar-refractivity contribution in [3.8, 4) is 49.5 Å². The number of phenolic OH excluding ortho intramolecular Hbond substituents is 1. The Hall–Kier alpha value is -10.7. The number of methoxy groups -OCH3 is 1. The second-order valence-electron chi connectivity index (χ2n) is 25.1. The zero-order chi connectivity index (χ0) is 79.6. The maximum atomic E-state index is 14.9. The number of rotatable bonds is 22. The number of hydrogen-bond donors (Lipinski definition) is 16. The highest BCUT2D eigenvalue weighted by Gasteiger charge is 2.55. The maximum absolute atomic E-state index is 14.9. The molecular weight excluding hydrogens is 1460 g/mol. The number of aliphatic hydroxyl groups excluding tert-OH is 6. The molecule has 3 fully saturated rings. The molecule has 108 heavy (non-hydrogen) atoms. The molecule has 0 unspecified atom stereocenters. The Balaban J connectivity index is 0.00000124. The van der Waals surface area contributed by atoms with E-state index < -0.39 is 189 Å². The van der Waals surface area contributed by atoms with Crippen LogP contribution < -0.4 is 59.0 Å². The second kappa shape index (κ2) is 37.7. The van der Waals surface area contributed by atoms with Gasteiger partial charge >= 0.3 is 23.9 Å². The molecule has 4 aromatic carbocycles. The lowest BCUT2D eigenvalue weighted by molar-refractivity contribution is -0.193. The van der Waals surface area contributed by atoms with Crippen LogP contribution in [0.3, 0.4) is 0 Å². The van der Waals surface area contributed by atoms with Crippen molar-refractivity contribution in [2.24, 2.45) is 38.8 Å². The number of aliphatic hydroxyl groups is 6. The highest BCUT2D eigenvalue weighted by Crippen LogP contribution is 2.34. The summed E-state index contributed by atoms with van der Waals surface area (Å²) in [6, 6.07) is 14.1. The molecule has 4 heterocycles. The molecule has 7 amide bonds. The van der Waals surface area contributed by atoms with Crippen LogP contribution in [0, 0.1) is 5.92 Å². The standard InChI is InChI=1S/C63H81N15O17S.C4F6O2/c1-31-29-78-51(52(31)85)57(90)70-28-39(80)26-42(71-53(86)36-7-11-38(12-8-36)59-76-75-58(96-59)37-9-5-34(6-10-37)35-13-15-41(16-14-35)94-23-22-93-3)54(87)72-48(32(2)79)60(91)77-30-40(81)27-43(77)55(88)73-49(56(89)74-50(61(78)92)45(83)18-19-68-62(64)65)46(84)24-33-4-17-44(82)47(25-33)95-21-20-69-63(66)67;5-3(6,7)1(11)2(12)4(8,9)10/h4-17,25,31-32,39-40,42-43,45-46,48-52,79-85H,18-24,26-30H2,1-3H3,(H,70,90)(H,71,86)(H,72,87)(H,73,88)(H,74,89)(H4,64,65,68)(H4,66,67,69);/t31-,32+,39+,40+,42-,43-,45+,46+,48-,49-,50-,51-,52-;/m0./s1. The fourth-order valence-electron chi connectivity index (χ4n) is 11.4. The molecule has 3 aliphatic heterocycles. The summed E-state index contributed by atoms with van der Waals surface area (Å²) < 4.78 is 83.3. The fraction of sp³-hybridized carbons (Fsp3) is 0.448. The van der Waals surface area contributed by atoms with E-state index in [1.807, 2.05) is 48.5 Å². The molecule has 0 spiro atoms. The molecule has 5 aromatic rings. The summed E-state index contributed by atoms with van der Waals surface area (Å²) in [7, 11) is 1.60. The number of aromatic hydroxyl groups is 1. The average molecular weight is 1550 g/mol. The van der Waals surface area contributed by atoms with Crippen molar-refractivity contribution in [3.05, 3.63) is 102 Å². The van der Waals surface area contributed by atoms with Crippen LogP contribution in [0.2, 0.25) is 0 Å². The van der Waals surface area contributed by atoms with E-state index in [1.54, 1.807) is 19.2 Å². The van der Waals surface area contributed by atoms with Crippen LogP contribution in [-0.2, 0) is 49.5 Å². The lowest BCUT2D eigenvalue weighted by atomic mass is 9.98. The van der Waals surface area contributed by atoms with E-state index in [-0.39, 0.29) is 54.8 Å². The number of nitrogens with two attached hydrogens (primary N) is 4. The molecule has 1 aromatic heterocycles. The van der Waals surface area contributed by atoms with Gasteiger partial charge in [0.1, 0.15) is 65.2 Å². The van der Waals surface area contributed by atoms with Gasteiger partial charge in [-0.05, 0) is 66.4 Å². The summed E-state index contributed by atoms with van der Waals surface area (Å²) in [5.74, 6) is -15.8. The normalized spacial score (nSPS) is 22.7. The van der Waals surface area contributed by atoms with Crippen molar-refractivity contribution in [2.75, 3.05) is 59.7 Å². The number of alkyl halides is 6. The van der Waals surface area contributed by atoms with E-state index >= 15 is 0 Å². The predicted molar refractivity (Wildman–Crippen MR) is 370 cm³/mol. The number of ether oxygens (including phenoxy) is 3. The molecule has 13 atom stereocenters. The number of ketones is 2. The summed E-state index contributed by atoms with van der Waals surface area (Å²) in [5, 5.41) is 102. The molecule has 8 rings (SSSR count).